The van der Waals surface area contributed by atoms with E-state index in [2.05, 4.69) is 23.2 Å². The standard InChI is InChI=1S/C18H18N2O2/c1-22-17-4-2-14(3-5-17)15-8-12-20(13-9-15)18(21)16-6-10-19-11-7-16/h2-8,10-11H,9,12-13H2,1H3. The number of nitrogens with zero attached hydrogens (tertiary/aromatic N) is 2. The quantitative estimate of drug-likeness (QED) is 0.874. The first-order chi connectivity index (χ1) is 10.8. The van der Waals surface area contributed by atoms with Gasteiger partial charge >= 0.3 is 0 Å². The fraction of sp³-hybridized carbons (Fsp3) is 0.222. The van der Waals surface area contributed by atoms with Gasteiger partial charge in [0, 0.05) is 31.0 Å². The molecule has 4 nitrogen and oxygen atoms in total. The number of carbonyl (C=O) groups excluding carboxylic acids is 1. The van der Waals surface area contributed by atoms with Crippen LogP contribution in [-0.2, 0) is 0 Å². The molecular weight excluding hydrogens is 276 g/mol. The second-order valence-corrected chi connectivity index (χ2v) is 5.19. The number of pyridine rings is 1. The predicted molar refractivity (Wildman–Crippen MR) is 85.7 cm³/mol. The summed E-state index contributed by atoms with van der Waals surface area (Å²) in [4.78, 5) is 18.2. The zero-order valence-corrected chi connectivity index (χ0v) is 12.5. The molecule has 0 saturated carbocycles. The van der Waals surface area contributed by atoms with Gasteiger partial charge in [-0.2, -0.15) is 0 Å². The molecule has 0 N–H and O–H groups in total. The maximum atomic E-state index is 12.4. The number of carbonyl (C=O) groups is 1. The van der Waals surface area contributed by atoms with Crippen molar-refractivity contribution in [2.24, 2.45) is 0 Å². The Morgan fingerprint density at radius 1 is 1.14 bits per heavy atom. The molecule has 0 saturated heterocycles. The number of methoxy groups -OCH3 is 1. The summed E-state index contributed by atoms with van der Waals surface area (Å²) in [6.07, 6.45) is 6.29. The molecule has 2 heterocycles. The number of ether oxygens (including phenoxy) is 1. The topological polar surface area (TPSA) is 42.4 Å². The fourth-order valence-corrected chi connectivity index (χ4v) is 2.60. The predicted octanol–water partition coefficient (Wildman–Crippen LogP) is 3.02. The van der Waals surface area contributed by atoms with E-state index in [1.807, 2.05) is 17.0 Å². The van der Waals surface area contributed by atoms with Gasteiger partial charge < -0.3 is 9.64 Å². The summed E-state index contributed by atoms with van der Waals surface area (Å²) in [5.41, 5.74) is 3.16. The number of hydrogen-bond donors (Lipinski definition) is 0. The van der Waals surface area contributed by atoms with Crippen molar-refractivity contribution < 1.29 is 9.53 Å². The second-order valence-electron chi connectivity index (χ2n) is 5.19. The highest BCUT2D eigenvalue weighted by Crippen LogP contribution is 2.24. The van der Waals surface area contributed by atoms with E-state index in [-0.39, 0.29) is 5.91 Å². The average Bonchev–Trinajstić information content (AvgIpc) is 2.62. The van der Waals surface area contributed by atoms with Gasteiger partial charge in [-0.3, -0.25) is 9.78 Å². The molecule has 112 valence electrons. The van der Waals surface area contributed by atoms with Gasteiger partial charge in [0.15, 0.2) is 0 Å². The smallest absolute Gasteiger partial charge is 0.254 e. The van der Waals surface area contributed by atoms with Gasteiger partial charge in [0.2, 0.25) is 0 Å². The van der Waals surface area contributed by atoms with Crippen LogP contribution in [0, 0.1) is 0 Å². The fourth-order valence-electron chi connectivity index (χ4n) is 2.60. The first-order valence-electron chi connectivity index (χ1n) is 7.30. The summed E-state index contributed by atoms with van der Waals surface area (Å²) in [5, 5.41) is 0. The van der Waals surface area contributed by atoms with Crippen LogP contribution in [0.3, 0.4) is 0 Å². The largest absolute Gasteiger partial charge is 0.497 e. The van der Waals surface area contributed by atoms with E-state index in [1.165, 1.54) is 11.1 Å². The molecule has 1 aromatic heterocycles. The molecule has 0 bridgehead atoms. The molecule has 0 aliphatic carbocycles. The summed E-state index contributed by atoms with van der Waals surface area (Å²) in [6.45, 7) is 1.38. The van der Waals surface area contributed by atoms with Crippen LogP contribution >= 0.6 is 0 Å². The molecule has 1 aliphatic rings. The highest BCUT2D eigenvalue weighted by molar-refractivity contribution is 5.94. The molecule has 0 atom stereocenters. The molecule has 0 radical (unpaired) electrons. The van der Waals surface area contributed by atoms with Gasteiger partial charge in [-0.1, -0.05) is 18.2 Å². The van der Waals surface area contributed by atoms with E-state index in [4.69, 9.17) is 4.74 Å². The summed E-state index contributed by atoms with van der Waals surface area (Å²) < 4.78 is 5.18. The molecule has 1 amide bonds. The number of amides is 1. The first-order valence-corrected chi connectivity index (χ1v) is 7.30. The molecule has 0 spiro atoms. The molecule has 0 unspecified atom stereocenters. The Kier molecular flexibility index (Phi) is 4.19. The van der Waals surface area contributed by atoms with Gasteiger partial charge in [-0.25, -0.2) is 0 Å². The van der Waals surface area contributed by atoms with Crippen LogP contribution in [0.25, 0.3) is 5.57 Å². The SMILES string of the molecule is COc1ccc(C2=CCN(C(=O)c3ccncc3)CC2)cc1. The lowest BCUT2D eigenvalue weighted by molar-refractivity contribution is 0.0773. The van der Waals surface area contributed by atoms with E-state index >= 15 is 0 Å². The van der Waals surface area contributed by atoms with E-state index in [0.29, 0.717) is 12.1 Å². The van der Waals surface area contributed by atoms with Crippen LogP contribution < -0.4 is 4.74 Å². The van der Waals surface area contributed by atoms with Crippen molar-refractivity contribution in [3.8, 4) is 5.75 Å². The van der Waals surface area contributed by atoms with Crippen LogP contribution in [0.15, 0.2) is 54.9 Å². The molecule has 22 heavy (non-hydrogen) atoms. The van der Waals surface area contributed by atoms with Crippen molar-refractivity contribution in [3.63, 3.8) is 0 Å². The third kappa shape index (κ3) is 3.01. The van der Waals surface area contributed by atoms with Crippen LogP contribution in [0.4, 0.5) is 0 Å². The minimum Gasteiger partial charge on any atom is -0.497 e. The molecule has 3 rings (SSSR count). The van der Waals surface area contributed by atoms with Gasteiger partial charge in [0.05, 0.1) is 7.11 Å². The zero-order valence-electron chi connectivity index (χ0n) is 12.5. The van der Waals surface area contributed by atoms with E-state index in [0.717, 1.165) is 18.7 Å². The van der Waals surface area contributed by atoms with Crippen molar-refractivity contribution in [1.82, 2.24) is 9.88 Å². The van der Waals surface area contributed by atoms with Crippen LogP contribution in [0.5, 0.6) is 5.75 Å². The Morgan fingerprint density at radius 3 is 2.45 bits per heavy atom. The molecule has 1 aromatic carbocycles. The lowest BCUT2D eigenvalue weighted by Crippen LogP contribution is -2.34. The van der Waals surface area contributed by atoms with E-state index in [9.17, 15) is 4.79 Å². The van der Waals surface area contributed by atoms with Crippen molar-refractivity contribution in [2.75, 3.05) is 20.2 Å². The number of aromatic nitrogens is 1. The lowest BCUT2D eigenvalue weighted by atomic mass is 9.99. The van der Waals surface area contributed by atoms with Gasteiger partial charge in [-0.05, 0) is 41.8 Å². The van der Waals surface area contributed by atoms with E-state index in [1.54, 1.807) is 31.6 Å². The van der Waals surface area contributed by atoms with Crippen LogP contribution in [0.2, 0.25) is 0 Å². The monoisotopic (exact) mass is 294 g/mol. The second kappa shape index (κ2) is 6.43. The normalized spacial score (nSPS) is 14.4. The summed E-state index contributed by atoms with van der Waals surface area (Å²) in [6, 6.07) is 11.6. The Morgan fingerprint density at radius 2 is 1.86 bits per heavy atom. The van der Waals surface area contributed by atoms with Gasteiger partial charge in [-0.15, -0.1) is 0 Å². The number of benzene rings is 1. The third-order valence-electron chi connectivity index (χ3n) is 3.88. The van der Waals surface area contributed by atoms with Crippen molar-refractivity contribution in [2.45, 2.75) is 6.42 Å². The van der Waals surface area contributed by atoms with E-state index < -0.39 is 0 Å². The molecule has 1 aliphatic heterocycles. The first kappa shape index (κ1) is 14.3. The number of hydrogen-bond acceptors (Lipinski definition) is 3. The van der Waals surface area contributed by atoms with Gasteiger partial charge in [0.1, 0.15) is 5.75 Å². The molecule has 4 heteroatoms. The van der Waals surface area contributed by atoms with Crippen LogP contribution in [-0.4, -0.2) is 36.0 Å². The lowest BCUT2D eigenvalue weighted by Gasteiger charge is -2.26. The minimum atomic E-state index is 0.0624. The highest BCUT2D eigenvalue weighted by atomic mass is 16.5. The third-order valence-corrected chi connectivity index (χ3v) is 3.88. The Balaban J connectivity index is 1.70. The maximum Gasteiger partial charge on any atom is 0.254 e. The Labute approximate surface area is 130 Å². The Hall–Kier alpha value is -2.62. The Bertz CT molecular complexity index is 678. The zero-order chi connectivity index (χ0) is 15.4. The van der Waals surface area contributed by atoms with Crippen molar-refractivity contribution in [1.29, 1.82) is 0 Å². The molecular formula is C18H18N2O2. The summed E-state index contributed by atoms with van der Waals surface area (Å²) in [5.74, 6) is 0.919. The van der Waals surface area contributed by atoms with Crippen LogP contribution in [0.1, 0.15) is 22.3 Å². The molecule has 0 fully saturated rings. The number of rotatable bonds is 3. The average molecular weight is 294 g/mol. The minimum absolute atomic E-state index is 0.0624. The van der Waals surface area contributed by atoms with Crippen molar-refractivity contribution in [3.05, 3.63) is 66.0 Å². The van der Waals surface area contributed by atoms with Gasteiger partial charge in [0.25, 0.3) is 5.91 Å². The summed E-state index contributed by atoms with van der Waals surface area (Å²) in [7, 11) is 1.66. The van der Waals surface area contributed by atoms with Crippen molar-refractivity contribution >= 4 is 11.5 Å². The maximum absolute atomic E-state index is 12.4. The summed E-state index contributed by atoms with van der Waals surface area (Å²) >= 11 is 0. The molecule has 2 aromatic rings. The highest BCUT2D eigenvalue weighted by Gasteiger charge is 2.19.